The first-order chi connectivity index (χ1) is 10.3. The molecule has 116 valence electrons. The fraction of sp³-hybridized carbons (Fsp3) is 0.267. The number of nitrogens with zero attached hydrogens (tertiary/aromatic N) is 1. The van der Waals surface area contributed by atoms with Crippen molar-refractivity contribution in [3.05, 3.63) is 41.0 Å². The van der Waals surface area contributed by atoms with Crippen molar-refractivity contribution in [3.63, 3.8) is 0 Å². The lowest BCUT2D eigenvalue weighted by atomic mass is 10.1. The van der Waals surface area contributed by atoms with E-state index in [2.05, 4.69) is 20.3 Å². The van der Waals surface area contributed by atoms with Crippen molar-refractivity contribution < 1.29 is 14.3 Å². The number of hydrogen-bond donors (Lipinski definition) is 2. The van der Waals surface area contributed by atoms with Gasteiger partial charge in [0.05, 0.1) is 12.8 Å². The molecule has 0 saturated heterocycles. The second-order valence-electron chi connectivity index (χ2n) is 5.24. The molecular weight excluding hydrogens is 306 g/mol. The van der Waals surface area contributed by atoms with E-state index < -0.39 is 17.4 Å². The van der Waals surface area contributed by atoms with Crippen LogP contribution in [0.1, 0.15) is 24.3 Å². The first kappa shape index (κ1) is 16.0. The molecule has 0 unspecified atom stereocenters. The Labute approximate surface area is 132 Å². The lowest BCUT2D eigenvalue weighted by Crippen LogP contribution is -2.50. The van der Waals surface area contributed by atoms with E-state index in [-0.39, 0.29) is 5.69 Å². The molecule has 2 rings (SSSR count). The molecule has 1 heterocycles. The van der Waals surface area contributed by atoms with Gasteiger partial charge in [0, 0.05) is 10.6 Å². The molecule has 7 heteroatoms. The number of carbonyl (C=O) groups excluding carboxylic acids is 2. The summed E-state index contributed by atoms with van der Waals surface area (Å²) in [5.41, 5.74) is 0.559. The molecule has 2 aromatic rings. The Morgan fingerprint density at radius 2 is 1.91 bits per heavy atom. The fourth-order valence-electron chi connectivity index (χ4n) is 1.86. The number of halogens is 1. The zero-order valence-corrected chi connectivity index (χ0v) is 13.2. The van der Waals surface area contributed by atoms with Crippen molar-refractivity contribution in [2.24, 2.45) is 0 Å². The molecule has 22 heavy (non-hydrogen) atoms. The van der Waals surface area contributed by atoms with Crippen LogP contribution in [0.4, 0.5) is 0 Å². The van der Waals surface area contributed by atoms with Crippen molar-refractivity contribution >= 4 is 23.5 Å². The molecule has 0 radical (unpaired) electrons. The summed E-state index contributed by atoms with van der Waals surface area (Å²) in [5.74, 6) is -0.971. The van der Waals surface area contributed by atoms with Gasteiger partial charge in [0.1, 0.15) is 11.2 Å². The maximum absolute atomic E-state index is 12.2. The number of aromatic amines is 1. The maximum Gasteiger partial charge on any atom is 0.330 e. The molecule has 1 aromatic carbocycles. The van der Waals surface area contributed by atoms with E-state index in [4.69, 9.17) is 11.6 Å². The van der Waals surface area contributed by atoms with Gasteiger partial charge in [-0.3, -0.25) is 9.89 Å². The third-order valence-corrected chi connectivity index (χ3v) is 3.34. The van der Waals surface area contributed by atoms with Gasteiger partial charge >= 0.3 is 5.97 Å². The third-order valence-electron chi connectivity index (χ3n) is 3.08. The monoisotopic (exact) mass is 321 g/mol. The van der Waals surface area contributed by atoms with Crippen LogP contribution in [0.15, 0.2) is 30.3 Å². The summed E-state index contributed by atoms with van der Waals surface area (Å²) < 4.78 is 4.65. The maximum atomic E-state index is 12.2. The highest BCUT2D eigenvalue weighted by atomic mass is 35.5. The Morgan fingerprint density at radius 3 is 2.50 bits per heavy atom. The average molecular weight is 322 g/mol. The van der Waals surface area contributed by atoms with E-state index in [1.807, 2.05) is 0 Å². The van der Waals surface area contributed by atoms with Crippen LogP contribution in [0.3, 0.4) is 0 Å². The fourth-order valence-corrected chi connectivity index (χ4v) is 1.99. The molecule has 1 aromatic heterocycles. The summed E-state index contributed by atoms with van der Waals surface area (Å²) in [5, 5.41) is 9.95. The zero-order valence-electron chi connectivity index (χ0n) is 12.4. The molecule has 0 aliphatic heterocycles. The van der Waals surface area contributed by atoms with E-state index in [0.29, 0.717) is 10.7 Å². The van der Waals surface area contributed by atoms with Crippen LogP contribution in [0.25, 0.3) is 11.3 Å². The summed E-state index contributed by atoms with van der Waals surface area (Å²) >= 11 is 5.83. The molecule has 6 nitrogen and oxygen atoms in total. The smallest absolute Gasteiger partial charge is 0.330 e. The predicted octanol–water partition coefficient (Wildman–Crippen LogP) is 2.41. The SMILES string of the molecule is COC(=O)C(C)(C)NC(=O)c1cc(-c2ccc(Cl)cc2)n[nH]1. The van der Waals surface area contributed by atoms with Crippen LogP contribution < -0.4 is 5.32 Å². The van der Waals surface area contributed by atoms with E-state index >= 15 is 0 Å². The van der Waals surface area contributed by atoms with Crippen LogP contribution in [0.2, 0.25) is 5.02 Å². The molecule has 0 saturated carbocycles. The molecular formula is C15H16ClN3O3. The summed E-state index contributed by atoms with van der Waals surface area (Å²) in [4.78, 5) is 23.8. The highest BCUT2D eigenvalue weighted by Crippen LogP contribution is 2.20. The van der Waals surface area contributed by atoms with Crippen LogP contribution in [-0.4, -0.2) is 34.7 Å². The van der Waals surface area contributed by atoms with Gasteiger partial charge in [-0.1, -0.05) is 23.7 Å². The number of esters is 1. The minimum absolute atomic E-state index is 0.252. The van der Waals surface area contributed by atoms with Gasteiger partial charge in [0.2, 0.25) is 0 Å². The Morgan fingerprint density at radius 1 is 1.27 bits per heavy atom. The Kier molecular flexibility index (Phi) is 4.51. The van der Waals surface area contributed by atoms with Gasteiger partial charge in [-0.05, 0) is 32.0 Å². The van der Waals surface area contributed by atoms with Gasteiger partial charge in [0.15, 0.2) is 0 Å². The number of nitrogens with one attached hydrogen (secondary N) is 2. The largest absolute Gasteiger partial charge is 0.467 e. The van der Waals surface area contributed by atoms with Crippen molar-refractivity contribution in [2.75, 3.05) is 7.11 Å². The molecule has 0 spiro atoms. The summed E-state index contributed by atoms with van der Waals surface area (Å²) in [6.45, 7) is 3.13. The molecule has 0 fully saturated rings. The van der Waals surface area contributed by atoms with E-state index in [9.17, 15) is 9.59 Å². The van der Waals surface area contributed by atoms with Gasteiger partial charge in [-0.25, -0.2) is 4.79 Å². The molecule has 0 aliphatic carbocycles. The second kappa shape index (κ2) is 6.19. The number of ether oxygens (including phenoxy) is 1. The minimum Gasteiger partial charge on any atom is -0.467 e. The lowest BCUT2D eigenvalue weighted by Gasteiger charge is -2.22. The Balaban J connectivity index is 2.16. The van der Waals surface area contributed by atoms with E-state index in [1.165, 1.54) is 7.11 Å². The van der Waals surface area contributed by atoms with Crippen LogP contribution in [-0.2, 0) is 9.53 Å². The van der Waals surface area contributed by atoms with Crippen LogP contribution in [0, 0.1) is 0 Å². The van der Waals surface area contributed by atoms with Crippen molar-refractivity contribution in [2.45, 2.75) is 19.4 Å². The first-order valence-electron chi connectivity index (χ1n) is 6.56. The van der Waals surface area contributed by atoms with Crippen molar-refractivity contribution in [1.82, 2.24) is 15.5 Å². The van der Waals surface area contributed by atoms with Crippen LogP contribution >= 0.6 is 11.6 Å². The summed E-state index contributed by atoms with van der Waals surface area (Å²) in [6.07, 6.45) is 0. The summed E-state index contributed by atoms with van der Waals surface area (Å²) in [7, 11) is 1.27. The van der Waals surface area contributed by atoms with E-state index in [0.717, 1.165) is 5.56 Å². The zero-order chi connectivity index (χ0) is 16.3. The number of aromatic nitrogens is 2. The second-order valence-corrected chi connectivity index (χ2v) is 5.68. The number of benzene rings is 1. The van der Waals surface area contributed by atoms with Gasteiger partial charge < -0.3 is 10.1 Å². The topological polar surface area (TPSA) is 84.1 Å². The predicted molar refractivity (Wildman–Crippen MR) is 82.6 cm³/mol. The first-order valence-corrected chi connectivity index (χ1v) is 6.93. The molecule has 0 aliphatic rings. The van der Waals surface area contributed by atoms with Crippen molar-refractivity contribution in [3.8, 4) is 11.3 Å². The molecule has 2 N–H and O–H groups in total. The number of hydrogen-bond acceptors (Lipinski definition) is 4. The quantitative estimate of drug-likeness (QED) is 0.847. The normalized spacial score (nSPS) is 11.1. The number of carbonyl (C=O) groups is 2. The standard InChI is InChI=1S/C15H16ClN3O3/c1-15(2,14(21)22-3)17-13(20)12-8-11(18-19-12)9-4-6-10(16)7-5-9/h4-8H,1-3H3,(H,17,20)(H,18,19). The Hall–Kier alpha value is -2.34. The van der Waals surface area contributed by atoms with Gasteiger partial charge in [0.25, 0.3) is 5.91 Å². The van der Waals surface area contributed by atoms with Gasteiger partial charge in [-0.2, -0.15) is 5.10 Å². The third kappa shape index (κ3) is 3.46. The lowest BCUT2D eigenvalue weighted by molar-refractivity contribution is -0.146. The molecule has 0 bridgehead atoms. The highest BCUT2D eigenvalue weighted by Gasteiger charge is 2.31. The number of H-pyrrole nitrogens is 1. The van der Waals surface area contributed by atoms with E-state index in [1.54, 1.807) is 44.2 Å². The molecule has 1 amide bonds. The van der Waals surface area contributed by atoms with Crippen LogP contribution in [0.5, 0.6) is 0 Å². The molecule has 0 atom stereocenters. The minimum atomic E-state index is -1.13. The van der Waals surface area contributed by atoms with Gasteiger partial charge in [-0.15, -0.1) is 0 Å². The van der Waals surface area contributed by atoms with Crippen molar-refractivity contribution in [1.29, 1.82) is 0 Å². The summed E-state index contributed by atoms with van der Waals surface area (Å²) in [6, 6.07) is 8.69. The number of methoxy groups -OCH3 is 1. The number of amides is 1. The Bertz CT molecular complexity index is 692. The highest BCUT2D eigenvalue weighted by molar-refractivity contribution is 6.30. The average Bonchev–Trinajstić information content (AvgIpc) is 2.96. The number of rotatable bonds is 4.